The van der Waals surface area contributed by atoms with Gasteiger partial charge in [-0.1, -0.05) is 159 Å². The van der Waals surface area contributed by atoms with E-state index in [4.69, 9.17) is 0 Å². The molecule has 0 spiro atoms. The highest BCUT2D eigenvalue weighted by molar-refractivity contribution is 7.05. The van der Waals surface area contributed by atoms with Crippen LogP contribution >= 0.6 is 0 Å². The van der Waals surface area contributed by atoms with E-state index in [1.807, 2.05) is 0 Å². The largest absolute Gasteiger partial charge is 0.114 e. The van der Waals surface area contributed by atoms with Crippen molar-refractivity contribution in [3.8, 4) is 33.4 Å². The normalized spacial score (nSPS) is 13.5. The van der Waals surface area contributed by atoms with E-state index in [-0.39, 0.29) is 0 Å². The molecule has 0 amide bonds. The van der Waals surface area contributed by atoms with Crippen LogP contribution in [0.3, 0.4) is 0 Å². The molecule has 0 saturated heterocycles. The quantitative estimate of drug-likeness (QED) is 0.112. The van der Waals surface area contributed by atoms with Crippen molar-refractivity contribution in [2.45, 2.75) is 13.1 Å². The van der Waals surface area contributed by atoms with Gasteiger partial charge < -0.3 is 0 Å². The number of fused-ring (bicyclic) bond motifs is 10. The maximum atomic E-state index is 2.56. The van der Waals surface area contributed by atoms with Gasteiger partial charge in [-0.25, -0.2) is 0 Å². The van der Waals surface area contributed by atoms with Crippen molar-refractivity contribution in [2.24, 2.45) is 0 Å². The number of hydrogen-bond donors (Lipinski definition) is 0. The van der Waals surface area contributed by atoms with Gasteiger partial charge in [-0.15, -0.1) is 0 Å². The predicted molar refractivity (Wildman–Crippen MR) is 190 cm³/mol. The molecule has 1 heteroatoms. The average Bonchev–Trinajstić information content (AvgIpc) is 3.30. The van der Waals surface area contributed by atoms with Crippen molar-refractivity contribution in [3.05, 3.63) is 146 Å². The number of hydrogen-bond acceptors (Lipinski definition) is 0. The zero-order chi connectivity index (χ0) is 28.7. The second-order valence-corrected chi connectivity index (χ2v) is 16.7. The molecule has 1 aliphatic heterocycles. The summed E-state index contributed by atoms with van der Waals surface area (Å²) < 4.78 is 0. The molecule has 0 N–H and O–H groups in total. The number of benzene rings is 8. The van der Waals surface area contributed by atoms with Gasteiger partial charge in [0, 0.05) is 0 Å². The van der Waals surface area contributed by atoms with Crippen LogP contribution in [0.1, 0.15) is 0 Å². The molecule has 0 atom stereocenters. The highest BCUT2D eigenvalue weighted by Gasteiger charge is 2.40. The summed E-state index contributed by atoms with van der Waals surface area (Å²) in [5.41, 5.74) is 8.11. The summed E-state index contributed by atoms with van der Waals surface area (Å²) in [6, 6.07) is 54.3. The lowest BCUT2D eigenvalue weighted by atomic mass is 9.85. The van der Waals surface area contributed by atoms with Crippen LogP contribution in [0.5, 0.6) is 0 Å². The second kappa shape index (κ2) is 9.01. The molecule has 0 bridgehead atoms. The third-order valence-electron chi connectivity index (χ3n) is 9.80. The van der Waals surface area contributed by atoms with E-state index in [9.17, 15) is 0 Å². The van der Waals surface area contributed by atoms with Crippen molar-refractivity contribution in [2.75, 3.05) is 0 Å². The van der Waals surface area contributed by atoms with Crippen LogP contribution in [0.4, 0.5) is 0 Å². The van der Waals surface area contributed by atoms with Gasteiger partial charge in [0.2, 0.25) is 0 Å². The van der Waals surface area contributed by atoms with Crippen LogP contribution in [0, 0.1) is 0 Å². The zero-order valence-electron chi connectivity index (χ0n) is 24.4. The summed E-state index contributed by atoms with van der Waals surface area (Å²) in [4.78, 5) is 0. The molecule has 1 aliphatic rings. The van der Waals surface area contributed by atoms with Gasteiger partial charge in [0.25, 0.3) is 0 Å². The summed E-state index contributed by atoms with van der Waals surface area (Å²) in [7, 11) is -2.03. The Labute approximate surface area is 252 Å². The van der Waals surface area contributed by atoms with E-state index >= 15 is 0 Å². The standard InChI is InChI=1S/C42H30Si/c1-43(2)38-26-28(24-25-37(38)41-31-18-8-6-16-29(31)30-17-7-13-23-36(30)42(41)43)40-34-21-11-9-19-32(34)39(27-14-4-3-5-15-27)33-20-10-12-22-35(33)40/h3-26H,1-2H3. The average molecular weight is 563 g/mol. The van der Waals surface area contributed by atoms with Crippen molar-refractivity contribution >= 4 is 61.5 Å². The third-order valence-corrected chi connectivity index (χ3v) is 13.3. The Bertz CT molecular complexity index is 2360. The third kappa shape index (κ3) is 3.37. The Kier molecular flexibility index (Phi) is 5.15. The minimum atomic E-state index is -2.03. The molecular formula is C42H30Si. The van der Waals surface area contributed by atoms with E-state index < -0.39 is 8.07 Å². The first-order chi connectivity index (χ1) is 21.1. The fraction of sp³-hybridized carbons (Fsp3) is 0.0476. The second-order valence-electron chi connectivity index (χ2n) is 12.4. The monoisotopic (exact) mass is 562 g/mol. The first-order valence-electron chi connectivity index (χ1n) is 15.2. The topological polar surface area (TPSA) is 0 Å². The van der Waals surface area contributed by atoms with Crippen LogP contribution in [0.2, 0.25) is 13.1 Å². The van der Waals surface area contributed by atoms with Crippen LogP contribution in [0.15, 0.2) is 146 Å². The van der Waals surface area contributed by atoms with Gasteiger partial charge in [-0.3, -0.25) is 0 Å². The van der Waals surface area contributed by atoms with Crippen molar-refractivity contribution < 1.29 is 0 Å². The number of rotatable bonds is 2. The van der Waals surface area contributed by atoms with Gasteiger partial charge in [0.1, 0.15) is 8.07 Å². The van der Waals surface area contributed by atoms with Crippen molar-refractivity contribution in [1.29, 1.82) is 0 Å². The lowest BCUT2D eigenvalue weighted by molar-refractivity contribution is 1.66. The zero-order valence-corrected chi connectivity index (χ0v) is 25.4. The SMILES string of the molecule is C[Si]1(C)c2cc(-c3c4ccccc4c(-c4ccccc4)c4ccccc34)ccc2-c2c1c1ccccc1c1ccccc21. The maximum absolute atomic E-state index is 2.56. The highest BCUT2D eigenvalue weighted by atomic mass is 28.3. The molecule has 202 valence electrons. The summed E-state index contributed by atoms with van der Waals surface area (Å²) in [5.74, 6) is 0. The Balaban J connectivity index is 1.37. The Morgan fingerprint density at radius 2 is 0.767 bits per heavy atom. The maximum Gasteiger partial charge on any atom is 0.114 e. The molecule has 0 unspecified atom stereocenters. The van der Waals surface area contributed by atoms with Gasteiger partial charge >= 0.3 is 0 Å². The Hall–Kier alpha value is -4.98. The molecular weight excluding hydrogens is 533 g/mol. The Morgan fingerprint density at radius 1 is 0.349 bits per heavy atom. The smallest absolute Gasteiger partial charge is 0.0622 e. The van der Waals surface area contributed by atoms with Gasteiger partial charge in [0.05, 0.1) is 0 Å². The molecule has 8 aromatic rings. The molecule has 9 rings (SSSR count). The molecule has 0 saturated carbocycles. The lowest BCUT2D eigenvalue weighted by Gasteiger charge is -2.23. The van der Waals surface area contributed by atoms with E-state index in [1.165, 1.54) is 76.5 Å². The fourth-order valence-corrected chi connectivity index (χ4v) is 11.4. The molecule has 0 radical (unpaired) electrons. The fourth-order valence-electron chi connectivity index (χ4n) is 8.00. The highest BCUT2D eigenvalue weighted by Crippen LogP contribution is 2.45. The van der Waals surface area contributed by atoms with Gasteiger partial charge in [-0.2, -0.15) is 0 Å². The Morgan fingerprint density at radius 3 is 1.33 bits per heavy atom. The van der Waals surface area contributed by atoms with Crippen LogP contribution in [0.25, 0.3) is 76.5 Å². The van der Waals surface area contributed by atoms with Gasteiger partial charge in [0.15, 0.2) is 0 Å². The summed E-state index contributed by atoms with van der Waals surface area (Å²) in [6.45, 7) is 5.11. The predicted octanol–water partition coefficient (Wildman–Crippen LogP) is 10.4. The molecule has 0 nitrogen and oxygen atoms in total. The summed E-state index contributed by atoms with van der Waals surface area (Å²) in [6.07, 6.45) is 0. The molecule has 0 fully saturated rings. The molecule has 43 heavy (non-hydrogen) atoms. The summed E-state index contributed by atoms with van der Waals surface area (Å²) >= 11 is 0. The minimum absolute atomic E-state index is 1.26. The van der Waals surface area contributed by atoms with Crippen LogP contribution in [-0.4, -0.2) is 8.07 Å². The van der Waals surface area contributed by atoms with Crippen molar-refractivity contribution in [1.82, 2.24) is 0 Å². The molecule has 8 aromatic carbocycles. The first-order valence-corrected chi connectivity index (χ1v) is 18.2. The van der Waals surface area contributed by atoms with E-state index in [0.717, 1.165) is 0 Å². The minimum Gasteiger partial charge on any atom is -0.0622 e. The van der Waals surface area contributed by atoms with E-state index in [0.29, 0.717) is 0 Å². The van der Waals surface area contributed by atoms with Gasteiger partial charge in [-0.05, 0) is 86.8 Å². The van der Waals surface area contributed by atoms with E-state index in [1.54, 1.807) is 10.4 Å². The molecule has 0 aromatic heterocycles. The lowest BCUT2D eigenvalue weighted by Crippen LogP contribution is -2.49. The van der Waals surface area contributed by atoms with Crippen molar-refractivity contribution in [3.63, 3.8) is 0 Å². The van der Waals surface area contributed by atoms with Crippen LogP contribution < -0.4 is 10.4 Å². The first kappa shape index (κ1) is 24.6. The van der Waals surface area contributed by atoms with E-state index in [2.05, 4.69) is 159 Å². The van der Waals surface area contributed by atoms with Crippen LogP contribution in [-0.2, 0) is 0 Å². The molecule has 0 aliphatic carbocycles. The summed E-state index contributed by atoms with van der Waals surface area (Å²) in [5, 5.41) is 13.9. The molecule has 1 heterocycles.